The molecule has 0 aromatic heterocycles. The molecule has 3 rings (SSSR count). The Labute approximate surface area is 144 Å². The Hall–Kier alpha value is -1.14. The van der Waals surface area contributed by atoms with Crippen LogP contribution in [0.15, 0.2) is 0 Å². The second-order valence-electron chi connectivity index (χ2n) is 7.43. The maximum absolute atomic E-state index is 12.6. The van der Waals surface area contributed by atoms with Crippen LogP contribution < -0.4 is 5.32 Å². The maximum atomic E-state index is 12.6. The van der Waals surface area contributed by atoms with Gasteiger partial charge in [-0.25, -0.2) is 0 Å². The summed E-state index contributed by atoms with van der Waals surface area (Å²) in [7, 11) is 0. The molecule has 0 unspecified atom stereocenters. The summed E-state index contributed by atoms with van der Waals surface area (Å²) in [5, 5.41) is 3.06. The fraction of sp³-hybridized carbons (Fsp3) is 0.889. The predicted molar refractivity (Wildman–Crippen MR) is 91.6 cm³/mol. The van der Waals surface area contributed by atoms with Crippen molar-refractivity contribution in [3.05, 3.63) is 0 Å². The Morgan fingerprint density at radius 2 is 1.88 bits per heavy atom. The molecule has 24 heavy (non-hydrogen) atoms. The van der Waals surface area contributed by atoms with Gasteiger partial charge in [0.1, 0.15) is 0 Å². The van der Waals surface area contributed by atoms with Gasteiger partial charge in [-0.3, -0.25) is 14.5 Å². The van der Waals surface area contributed by atoms with Gasteiger partial charge in [0, 0.05) is 38.7 Å². The monoisotopic (exact) mass is 337 g/mol. The molecule has 6 nitrogen and oxygen atoms in total. The van der Waals surface area contributed by atoms with Crippen LogP contribution in [0.2, 0.25) is 0 Å². The zero-order valence-electron chi connectivity index (χ0n) is 15.0. The first-order chi connectivity index (χ1) is 11.6. The smallest absolute Gasteiger partial charge is 0.237 e. The molecule has 3 aliphatic heterocycles. The van der Waals surface area contributed by atoms with Gasteiger partial charge in [0.2, 0.25) is 11.8 Å². The van der Waals surface area contributed by atoms with Gasteiger partial charge in [0.15, 0.2) is 0 Å². The highest BCUT2D eigenvalue weighted by Crippen LogP contribution is 2.31. The van der Waals surface area contributed by atoms with E-state index in [-0.39, 0.29) is 30.0 Å². The molecule has 0 aromatic rings. The van der Waals surface area contributed by atoms with Crippen LogP contribution >= 0.6 is 0 Å². The molecule has 3 saturated heterocycles. The lowest BCUT2D eigenvalue weighted by Crippen LogP contribution is -2.54. The molecule has 0 spiro atoms. The molecule has 6 heteroatoms. The summed E-state index contributed by atoms with van der Waals surface area (Å²) < 4.78 is 5.58. The molecule has 2 amide bonds. The van der Waals surface area contributed by atoms with Crippen LogP contribution in [0.4, 0.5) is 0 Å². The molecule has 0 radical (unpaired) electrons. The van der Waals surface area contributed by atoms with E-state index in [9.17, 15) is 9.59 Å². The summed E-state index contributed by atoms with van der Waals surface area (Å²) in [6, 6.07) is 0.451. The minimum absolute atomic E-state index is 0.0878. The van der Waals surface area contributed by atoms with Crippen molar-refractivity contribution >= 4 is 11.8 Å². The highest BCUT2D eigenvalue weighted by molar-refractivity contribution is 5.81. The average Bonchev–Trinajstić information content (AvgIpc) is 3.31. The zero-order valence-corrected chi connectivity index (χ0v) is 15.0. The lowest BCUT2D eigenvalue weighted by Gasteiger charge is -2.37. The molecule has 4 atom stereocenters. The van der Waals surface area contributed by atoms with Crippen molar-refractivity contribution in [2.24, 2.45) is 0 Å². The molecular formula is C18H31N3O3. The standard InChI is InChI=1S/C18H31N3O3/c1-13(18(23)19-12-15-6-5-11-24-15)20-9-3-7-16(20)17-8-4-10-21(17)14(2)22/h13,15-17H,3-12H2,1-2H3,(H,19,23)/t13-,15+,16-,17+/m0/s1. The average molecular weight is 337 g/mol. The summed E-state index contributed by atoms with van der Waals surface area (Å²) in [6.45, 7) is 6.90. The molecule has 0 aliphatic carbocycles. The quantitative estimate of drug-likeness (QED) is 0.817. The van der Waals surface area contributed by atoms with E-state index in [0.29, 0.717) is 12.6 Å². The number of nitrogens with zero attached hydrogens (tertiary/aromatic N) is 2. The third-order valence-corrected chi connectivity index (χ3v) is 5.89. The minimum atomic E-state index is -0.145. The fourth-order valence-corrected chi connectivity index (χ4v) is 4.61. The van der Waals surface area contributed by atoms with Crippen LogP contribution in [0.1, 0.15) is 52.4 Å². The van der Waals surface area contributed by atoms with Crippen LogP contribution in [-0.4, -0.2) is 72.1 Å². The van der Waals surface area contributed by atoms with E-state index in [4.69, 9.17) is 4.74 Å². The molecule has 3 fully saturated rings. The normalized spacial score (nSPS) is 32.2. The number of carbonyl (C=O) groups is 2. The van der Waals surface area contributed by atoms with Crippen LogP contribution in [0, 0.1) is 0 Å². The van der Waals surface area contributed by atoms with E-state index >= 15 is 0 Å². The highest BCUT2D eigenvalue weighted by atomic mass is 16.5. The van der Waals surface area contributed by atoms with Crippen molar-refractivity contribution in [2.45, 2.75) is 76.6 Å². The number of nitrogens with one attached hydrogen (secondary N) is 1. The summed E-state index contributed by atoms with van der Waals surface area (Å²) >= 11 is 0. The van der Waals surface area contributed by atoms with Gasteiger partial charge in [-0.1, -0.05) is 0 Å². The largest absolute Gasteiger partial charge is 0.376 e. The third kappa shape index (κ3) is 3.75. The number of hydrogen-bond acceptors (Lipinski definition) is 4. The van der Waals surface area contributed by atoms with Gasteiger partial charge in [0.05, 0.1) is 12.1 Å². The number of carbonyl (C=O) groups excluding carboxylic acids is 2. The van der Waals surface area contributed by atoms with E-state index in [2.05, 4.69) is 10.2 Å². The second kappa shape index (κ2) is 7.83. The Balaban J connectivity index is 1.57. The molecule has 0 bridgehead atoms. The van der Waals surface area contributed by atoms with Gasteiger partial charge < -0.3 is 15.0 Å². The molecular weight excluding hydrogens is 306 g/mol. The summed E-state index contributed by atoms with van der Waals surface area (Å²) in [5.41, 5.74) is 0. The number of amides is 2. The van der Waals surface area contributed by atoms with E-state index in [1.807, 2.05) is 11.8 Å². The van der Waals surface area contributed by atoms with Crippen molar-refractivity contribution < 1.29 is 14.3 Å². The van der Waals surface area contributed by atoms with E-state index in [0.717, 1.165) is 58.2 Å². The molecule has 0 aromatic carbocycles. The fourth-order valence-electron chi connectivity index (χ4n) is 4.61. The van der Waals surface area contributed by atoms with Gasteiger partial charge in [-0.2, -0.15) is 0 Å². The van der Waals surface area contributed by atoms with Crippen molar-refractivity contribution in [3.63, 3.8) is 0 Å². The topological polar surface area (TPSA) is 61.9 Å². The number of hydrogen-bond donors (Lipinski definition) is 1. The van der Waals surface area contributed by atoms with Crippen LogP contribution in [0.25, 0.3) is 0 Å². The molecule has 3 aliphatic rings. The summed E-state index contributed by atoms with van der Waals surface area (Å²) in [5.74, 6) is 0.254. The minimum Gasteiger partial charge on any atom is -0.376 e. The molecule has 0 saturated carbocycles. The molecule has 136 valence electrons. The number of ether oxygens (including phenoxy) is 1. The third-order valence-electron chi connectivity index (χ3n) is 5.89. The second-order valence-corrected chi connectivity index (χ2v) is 7.43. The Kier molecular flexibility index (Phi) is 5.76. The Morgan fingerprint density at radius 1 is 1.12 bits per heavy atom. The van der Waals surface area contributed by atoms with Crippen LogP contribution in [-0.2, 0) is 14.3 Å². The Bertz CT molecular complexity index is 464. The Morgan fingerprint density at radius 3 is 2.58 bits per heavy atom. The first-order valence-electron chi connectivity index (χ1n) is 9.50. The summed E-state index contributed by atoms with van der Waals surface area (Å²) in [4.78, 5) is 28.8. The van der Waals surface area contributed by atoms with E-state index in [1.54, 1.807) is 6.92 Å². The van der Waals surface area contributed by atoms with E-state index in [1.165, 1.54) is 0 Å². The van der Waals surface area contributed by atoms with Gasteiger partial charge in [0.25, 0.3) is 0 Å². The number of rotatable bonds is 5. The van der Waals surface area contributed by atoms with Gasteiger partial charge in [-0.05, 0) is 52.0 Å². The van der Waals surface area contributed by atoms with Crippen molar-refractivity contribution in [3.8, 4) is 0 Å². The lowest BCUT2D eigenvalue weighted by atomic mass is 10.0. The predicted octanol–water partition coefficient (Wildman–Crippen LogP) is 1.15. The van der Waals surface area contributed by atoms with Crippen molar-refractivity contribution in [1.29, 1.82) is 0 Å². The van der Waals surface area contributed by atoms with Crippen LogP contribution in [0.3, 0.4) is 0 Å². The van der Waals surface area contributed by atoms with Crippen LogP contribution in [0.5, 0.6) is 0 Å². The first-order valence-corrected chi connectivity index (χ1v) is 9.50. The molecule has 3 heterocycles. The number of likely N-dealkylation sites (tertiary alicyclic amines) is 2. The molecule has 1 N–H and O–H groups in total. The van der Waals surface area contributed by atoms with Gasteiger partial charge in [-0.15, -0.1) is 0 Å². The van der Waals surface area contributed by atoms with Gasteiger partial charge >= 0.3 is 0 Å². The SMILES string of the molecule is CC(=O)N1CCC[C@@H]1[C@@H]1CCCN1[C@@H](C)C(=O)NC[C@H]1CCCO1. The zero-order chi connectivity index (χ0) is 17.1. The summed E-state index contributed by atoms with van der Waals surface area (Å²) in [6.07, 6.45) is 6.63. The maximum Gasteiger partial charge on any atom is 0.237 e. The van der Waals surface area contributed by atoms with Crippen molar-refractivity contribution in [1.82, 2.24) is 15.1 Å². The first kappa shape index (κ1) is 17.7. The highest BCUT2D eigenvalue weighted by Gasteiger charge is 2.41. The van der Waals surface area contributed by atoms with Crippen molar-refractivity contribution in [2.75, 3.05) is 26.2 Å². The lowest BCUT2D eigenvalue weighted by molar-refractivity contribution is -0.131. The van der Waals surface area contributed by atoms with E-state index < -0.39 is 0 Å².